The Bertz CT molecular complexity index is 1130. The zero-order chi connectivity index (χ0) is 23.4. The smallest absolute Gasteiger partial charge is 0.235 e. The van der Waals surface area contributed by atoms with Crippen LogP contribution in [0.4, 0.5) is 5.69 Å². The van der Waals surface area contributed by atoms with Gasteiger partial charge in [-0.1, -0.05) is 6.07 Å². The van der Waals surface area contributed by atoms with Crippen molar-refractivity contribution in [3.05, 3.63) is 35.7 Å². The van der Waals surface area contributed by atoms with Crippen molar-refractivity contribution < 1.29 is 17.6 Å². The molecule has 4 saturated carbocycles. The molecule has 6 rings (SSSR count). The zero-order valence-electron chi connectivity index (χ0n) is 19.6. The van der Waals surface area contributed by atoms with Crippen molar-refractivity contribution in [2.75, 3.05) is 4.72 Å². The van der Waals surface area contributed by atoms with Gasteiger partial charge in [0.25, 0.3) is 0 Å². The molecule has 8 heteroatoms. The minimum Gasteiger partial charge on any atom is -0.441 e. The van der Waals surface area contributed by atoms with E-state index in [2.05, 4.69) is 15.0 Å². The monoisotopic (exact) mass is 471 g/mol. The SMILES string of the molecule is Cc1oc(-c2cccc(NS(=O)(=O)C(C)C)c2)nc1CNC(=O)C12CC3CC(CC(C3)C1)C2. The summed E-state index contributed by atoms with van der Waals surface area (Å²) in [7, 11) is -3.44. The molecule has 0 unspecified atom stereocenters. The molecule has 1 aromatic heterocycles. The molecule has 0 saturated heterocycles. The van der Waals surface area contributed by atoms with Crippen LogP contribution in [0.5, 0.6) is 0 Å². The van der Waals surface area contributed by atoms with Gasteiger partial charge in [0.2, 0.25) is 21.8 Å². The number of hydrogen-bond donors (Lipinski definition) is 2. The lowest BCUT2D eigenvalue weighted by molar-refractivity contribution is -0.146. The molecule has 0 spiro atoms. The summed E-state index contributed by atoms with van der Waals surface area (Å²) in [5.41, 5.74) is 1.67. The number of aryl methyl sites for hydroxylation is 1. The molecular weight excluding hydrogens is 438 g/mol. The van der Waals surface area contributed by atoms with E-state index in [1.807, 2.05) is 13.0 Å². The van der Waals surface area contributed by atoms with Crippen LogP contribution in [0.2, 0.25) is 0 Å². The Morgan fingerprint density at radius 3 is 2.39 bits per heavy atom. The summed E-state index contributed by atoms with van der Waals surface area (Å²) in [6.07, 6.45) is 7.03. The number of amides is 1. The number of hydrogen-bond acceptors (Lipinski definition) is 5. The Labute approximate surface area is 195 Å². The fourth-order valence-corrected chi connectivity index (χ4v) is 7.14. The van der Waals surface area contributed by atoms with Gasteiger partial charge in [-0.05, 0) is 95.2 Å². The molecule has 4 bridgehead atoms. The van der Waals surface area contributed by atoms with E-state index in [1.54, 1.807) is 32.0 Å². The standard InChI is InChI=1S/C25H33N3O4S/c1-15(2)33(30,31)28-21-6-4-5-20(10-21)23-27-22(16(3)32-23)14-26-24(29)25-11-17-7-18(12-25)9-19(8-17)13-25/h4-6,10,15,17-19,28H,7-9,11-14H2,1-3H3,(H,26,29). The number of rotatable bonds is 7. The number of benzene rings is 1. The lowest BCUT2D eigenvalue weighted by Gasteiger charge is -2.55. The number of nitrogens with one attached hydrogen (secondary N) is 2. The molecule has 178 valence electrons. The van der Waals surface area contributed by atoms with Crippen molar-refractivity contribution in [3.8, 4) is 11.5 Å². The second kappa shape index (κ2) is 8.15. The predicted octanol–water partition coefficient (Wildman–Crippen LogP) is 4.63. The van der Waals surface area contributed by atoms with Crippen LogP contribution in [-0.2, 0) is 21.4 Å². The fraction of sp³-hybridized carbons (Fsp3) is 0.600. The summed E-state index contributed by atoms with van der Waals surface area (Å²) in [4.78, 5) is 17.9. The van der Waals surface area contributed by atoms with E-state index in [0.29, 0.717) is 35.1 Å². The average molecular weight is 472 g/mol. The van der Waals surface area contributed by atoms with Crippen molar-refractivity contribution in [1.82, 2.24) is 10.3 Å². The number of carbonyl (C=O) groups is 1. The first kappa shape index (κ1) is 22.4. The molecule has 4 aliphatic rings. The number of anilines is 1. The molecule has 1 heterocycles. The summed E-state index contributed by atoms with van der Waals surface area (Å²) in [5, 5.41) is 2.63. The molecule has 1 aromatic carbocycles. The molecule has 7 nitrogen and oxygen atoms in total. The third-order valence-corrected chi connectivity index (χ3v) is 9.58. The van der Waals surface area contributed by atoms with Crippen LogP contribution in [0.15, 0.2) is 28.7 Å². The van der Waals surface area contributed by atoms with Crippen molar-refractivity contribution in [2.45, 2.75) is 71.1 Å². The van der Waals surface area contributed by atoms with Gasteiger partial charge in [-0.15, -0.1) is 0 Å². The maximum atomic E-state index is 13.3. The number of carbonyl (C=O) groups excluding carboxylic acids is 1. The Morgan fingerprint density at radius 2 is 1.79 bits per heavy atom. The van der Waals surface area contributed by atoms with E-state index >= 15 is 0 Å². The molecule has 0 aliphatic heterocycles. The van der Waals surface area contributed by atoms with Gasteiger partial charge >= 0.3 is 0 Å². The second-order valence-electron chi connectivity index (χ2n) is 10.7. The molecule has 4 aliphatic carbocycles. The number of oxazole rings is 1. The maximum Gasteiger partial charge on any atom is 0.235 e. The van der Waals surface area contributed by atoms with Gasteiger partial charge in [-0.2, -0.15) is 0 Å². The van der Waals surface area contributed by atoms with E-state index < -0.39 is 15.3 Å². The van der Waals surface area contributed by atoms with Gasteiger partial charge in [0.1, 0.15) is 11.5 Å². The molecule has 2 N–H and O–H groups in total. The Kier molecular flexibility index (Phi) is 5.54. The summed E-state index contributed by atoms with van der Waals surface area (Å²) >= 11 is 0. The topological polar surface area (TPSA) is 101 Å². The van der Waals surface area contributed by atoms with Crippen molar-refractivity contribution >= 4 is 21.6 Å². The van der Waals surface area contributed by atoms with Gasteiger partial charge in [0, 0.05) is 16.7 Å². The lowest BCUT2D eigenvalue weighted by atomic mass is 9.49. The van der Waals surface area contributed by atoms with Gasteiger partial charge in [0.05, 0.1) is 11.8 Å². The number of nitrogens with zero attached hydrogens (tertiary/aromatic N) is 1. The highest BCUT2D eigenvalue weighted by molar-refractivity contribution is 7.93. The molecule has 0 radical (unpaired) electrons. The number of sulfonamides is 1. The average Bonchev–Trinajstić information content (AvgIpc) is 3.11. The summed E-state index contributed by atoms with van der Waals surface area (Å²) in [6.45, 7) is 5.45. The Hall–Kier alpha value is -2.35. The summed E-state index contributed by atoms with van der Waals surface area (Å²) < 4.78 is 32.9. The molecular formula is C25H33N3O4S. The molecule has 33 heavy (non-hydrogen) atoms. The van der Waals surface area contributed by atoms with Crippen LogP contribution in [0, 0.1) is 30.1 Å². The molecule has 4 fully saturated rings. The highest BCUT2D eigenvalue weighted by Gasteiger charge is 2.54. The van der Waals surface area contributed by atoms with Crippen molar-refractivity contribution in [1.29, 1.82) is 0 Å². The highest BCUT2D eigenvalue weighted by atomic mass is 32.2. The van der Waals surface area contributed by atoms with E-state index in [4.69, 9.17) is 4.42 Å². The Morgan fingerprint density at radius 1 is 1.15 bits per heavy atom. The molecule has 1 amide bonds. The van der Waals surface area contributed by atoms with Gasteiger partial charge in [0.15, 0.2) is 0 Å². The fourth-order valence-electron chi connectivity index (χ4n) is 6.45. The third-order valence-electron chi connectivity index (χ3n) is 7.82. The third kappa shape index (κ3) is 4.29. The Balaban J connectivity index is 1.28. The molecule has 2 aromatic rings. The maximum absolute atomic E-state index is 13.3. The first-order chi connectivity index (χ1) is 15.6. The minimum atomic E-state index is -3.44. The predicted molar refractivity (Wildman–Crippen MR) is 127 cm³/mol. The zero-order valence-corrected chi connectivity index (χ0v) is 20.4. The number of aromatic nitrogens is 1. The van der Waals surface area contributed by atoms with Crippen LogP contribution < -0.4 is 10.0 Å². The van der Waals surface area contributed by atoms with Crippen LogP contribution in [-0.4, -0.2) is 24.6 Å². The highest BCUT2D eigenvalue weighted by Crippen LogP contribution is 2.60. The summed E-state index contributed by atoms with van der Waals surface area (Å²) in [6, 6.07) is 7.01. The van der Waals surface area contributed by atoms with Crippen LogP contribution in [0.25, 0.3) is 11.5 Å². The lowest BCUT2D eigenvalue weighted by Crippen LogP contribution is -2.53. The van der Waals surface area contributed by atoms with Crippen LogP contribution in [0.1, 0.15) is 63.8 Å². The minimum absolute atomic E-state index is 0.177. The first-order valence-electron chi connectivity index (χ1n) is 12.0. The van der Waals surface area contributed by atoms with E-state index in [-0.39, 0.29) is 11.3 Å². The van der Waals surface area contributed by atoms with E-state index in [0.717, 1.165) is 37.0 Å². The largest absolute Gasteiger partial charge is 0.441 e. The molecule has 0 atom stereocenters. The second-order valence-corrected chi connectivity index (χ2v) is 12.9. The van der Waals surface area contributed by atoms with Crippen molar-refractivity contribution in [3.63, 3.8) is 0 Å². The normalized spacial score (nSPS) is 28.3. The quantitative estimate of drug-likeness (QED) is 0.613. The first-order valence-corrected chi connectivity index (χ1v) is 13.5. The van der Waals surface area contributed by atoms with E-state index in [9.17, 15) is 13.2 Å². The summed E-state index contributed by atoms with van der Waals surface area (Å²) in [5.74, 6) is 3.42. The van der Waals surface area contributed by atoms with Gasteiger partial charge in [-0.25, -0.2) is 13.4 Å². The van der Waals surface area contributed by atoms with Crippen LogP contribution in [0.3, 0.4) is 0 Å². The van der Waals surface area contributed by atoms with Gasteiger partial charge < -0.3 is 9.73 Å². The van der Waals surface area contributed by atoms with E-state index in [1.165, 1.54) is 19.3 Å². The van der Waals surface area contributed by atoms with Crippen LogP contribution >= 0.6 is 0 Å². The van der Waals surface area contributed by atoms with Gasteiger partial charge in [-0.3, -0.25) is 9.52 Å². The van der Waals surface area contributed by atoms with Crippen molar-refractivity contribution in [2.24, 2.45) is 23.2 Å².